The predicted molar refractivity (Wildman–Crippen MR) is 60.3 cm³/mol. The maximum Gasteiger partial charge on any atom is 0.224 e. The summed E-state index contributed by atoms with van der Waals surface area (Å²) in [6.45, 7) is 3.66. The summed E-state index contributed by atoms with van der Waals surface area (Å²) in [5.41, 5.74) is 0.249. The van der Waals surface area contributed by atoms with E-state index in [4.69, 9.17) is 0 Å². The van der Waals surface area contributed by atoms with E-state index in [-0.39, 0.29) is 17.6 Å². The van der Waals surface area contributed by atoms with Crippen molar-refractivity contribution in [3.05, 3.63) is 42.1 Å². The lowest BCUT2D eigenvalue weighted by atomic mass is 10.0. The van der Waals surface area contributed by atoms with Crippen LogP contribution in [-0.4, -0.2) is 11.9 Å². The zero-order valence-electron chi connectivity index (χ0n) is 9.09. The van der Waals surface area contributed by atoms with E-state index in [1.54, 1.807) is 0 Å². The third kappa shape index (κ3) is 2.43. The number of carbonyl (C=O) groups is 1. The van der Waals surface area contributed by atoms with Gasteiger partial charge in [-0.15, -0.1) is 0 Å². The molecule has 0 spiro atoms. The second-order valence-corrected chi connectivity index (χ2v) is 3.91. The van der Waals surface area contributed by atoms with E-state index in [0.717, 1.165) is 0 Å². The number of anilines is 1. The van der Waals surface area contributed by atoms with Gasteiger partial charge in [0.05, 0.1) is 6.04 Å². The van der Waals surface area contributed by atoms with Crippen LogP contribution >= 0.6 is 0 Å². The van der Waals surface area contributed by atoms with Gasteiger partial charge in [0, 0.05) is 12.1 Å². The van der Waals surface area contributed by atoms with Crippen molar-refractivity contribution in [2.75, 3.05) is 5.32 Å². The number of amides is 1. The van der Waals surface area contributed by atoms with Crippen LogP contribution in [0.2, 0.25) is 0 Å². The number of nitrogens with one attached hydrogen (secondary N) is 2. The highest BCUT2D eigenvalue weighted by Crippen LogP contribution is 2.23. The number of rotatable bonds is 2. The number of para-hydroxylation sites is 1. The van der Waals surface area contributed by atoms with Crippen molar-refractivity contribution in [1.29, 1.82) is 0 Å². The zero-order valence-corrected chi connectivity index (χ0v) is 9.09. The first-order valence-electron chi connectivity index (χ1n) is 5.27. The molecule has 0 bridgehead atoms. The summed E-state index contributed by atoms with van der Waals surface area (Å²) in [7, 11) is 0. The second kappa shape index (κ2) is 4.53. The summed E-state index contributed by atoms with van der Waals surface area (Å²) >= 11 is 0. The summed E-state index contributed by atoms with van der Waals surface area (Å²) in [5, 5.41) is 5.27. The minimum atomic E-state index is -0.658. The second-order valence-electron chi connectivity index (χ2n) is 3.91. The van der Waals surface area contributed by atoms with Gasteiger partial charge in [0.15, 0.2) is 0 Å². The highest BCUT2D eigenvalue weighted by molar-refractivity contribution is 5.79. The molecule has 2 N–H and O–H groups in total. The van der Waals surface area contributed by atoms with Crippen molar-refractivity contribution in [2.45, 2.75) is 18.9 Å². The molecule has 1 aliphatic heterocycles. The fourth-order valence-electron chi connectivity index (χ4n) is 1.75. The molecule has 17 heavy (non-hydrogen) atoms. The van der Waals surface area contributed by atoms with E-state index in [1.807, 2.05) is 0 Å². The Morgan fingerprint density at radius 1 is 1.35 bits per heavy atom. The van der Waals surface area contributed by atoms with Gasteiger partial charge in [0.2, 0.25) is 5.91 Å². The molecule has 0 saturated carbocycles. The maximum atomic E-state index is 13.4. The molecule has 1 saturated heterocycles. The Bertz CT molecular complexity index is 453. The third-order valence-electron chi connectivity index (χ3n) is 2.66. The monoisotopic (exact) mass is 238 g/mol. The van der Waals surface area contributed by atoms with Crippen molar-refractivity contribution >= 4 is 11.6 Å². The first-order valence-corrected chi connectivity index (χ1v) is 5.27. The van der Waals surface area contributed by atoms with Crippen LogP contribution in [0.25, 0.3) is 0 Å². The number of benzene rings is 1. The molecular weight excluding hydrogens is 226 g/mol. The highest BCUT2D eigenvalue weighted by atomic mass is 19.1. The van der Waals surface area contributed by atoms with Crippen LogP contribution in [0.5, 0.6) is 0 Å². The lowest BCUT2D eigenvalue weighted by Gasteiger charge is -2.27. The minimum absolute atomic E-state index is 0.123. The van der Waals surface area contributed by atoms with Gasteiger partial charge in [-0.1, -0.05) is 12.6 Å². The summed E-state index contributed by atoms with van der Waals surface area (Å²) in [4.78, 5) is 11.1. The Morgan fingerprint density at radius 3 is 2.59 bits per heavy atom. The van der Waals surface area contributed by atoms with E-state index in [0.29, 0.717) is 18.5 Å². The molecule has 1 heterocycles. The molecule has 1 aliphatic rings. The van der Waals surface area contributed by atoms with Gasteiger partial charge in [-0.05, 0) is 18.6 Å². The molecule has 1 amide bonds. The molecule has 1 atom stereocenters. The SMILES string of the molecule is C=C1NC(=O)CCC1Nc1c(F)cccc1F. The molecule has 0 aliphatic carbocycles. The van der Waals surface area contributed by atoms with Crippen molar-refractivity contribution in [2.24, 2.45) is 0 Å². The van der Waals surface area contributed by atoms with E-state index in [9.17, 15) is 13.6 Å². The molecule has 1 unspecified atom stereocenters. The topological polar surface area (TPSA) is 41.1 Å². The summed E-state index contributed by atoms with van der Waals surface area (Å²) in [5.74, 6) is -1.44. The molecular formula is C12H12F2N2O. The van der Waals surface area contributed by atoms with E-state index in [2.05, 4.69) is 17.2 Å². The Balaban J connectivity index is 2.16. The van der Waals surface area contributed by atoms with Gasteiger partial charge >= 0.3 is 0 Å². The maximum absolute atomic E-state index is 13.4. The standard InChI is InChI=1S/C12H12F2N2O/c1-7-10(5-6-11(17)15-7)16-12-8(13)3-2-4-9(12)14/h2-4,10,16H,1,5-6H2,(H,15,17). The predicted octanol–water partition coefficient (Wildman–Crippen LogP) is 2.17. The van der Waals surface area contributed by atoms with Crippen LogP contribution in [0.15, 0.2) is 30.5 Å². The van der Waals surface area contributed by atoms with Crippen LogP contribution in [0.3, 0.4) is 0 Å². The molecule has 1 aromatic carbocycles. The van der Waals surface area contributed by atoms with Crippen LogP contribution in [0.1, 0.15) is 12.8 Å². The van der Waals surface area contributed by atoms with Crippen LogP contribution in [-0.2, 0) is 4.79 Å². The van der Waals surface area contributed by atoms with E-state index in [1.165, 1.54) is 18.2 Å². The van der Waals surface area contributed by atoms with Crippen LogP contribution in [0.4, 0.5) is 14.5 Å². The number of hydrogen-bond acceptors (Lipinski definition) is 2. The number of hydrogen-bond donors (Lipinski definition) is 2. The van der Waals surface area contributed by atoms with Gasteiger partial charge in [0.1, 0.15) is 17.3 Å². The third-order valence-corrected chi connectivity index (χ3v) is 2.66. The Hall–Kier alpha value is -1.91. The van der Waals surface area contributed by atoms with Crippen molar-refractivity contribution in [1.82, 2.24) is 5.32 Å². The Kier molecular flexibility index (Phi) is 3.08. The van der Waals surface area contributed by atoms with Gasteiger partial charge in [-0.2, -0.15) is 0 Å². The van der Waals surface area contributed by atoms with Crippen molar-refractivity contribution in [3.63, 3.8) is 0 Å². The van der Waals surface area contributed by atoms with Gasteiger partial charge in [-0.3, -0.25) is 4.79 Å². The average Bonchev–Trinajstić information content (AvgIpc) is 2.26. The summed E-state index contributed by atoms with van der Waals surface area (Å²) in [6.07, 6.45) is 0.783. The Morgan fingerprint density at radius 2 is 2.00 bits per heavy atom. The fourth-order valence-corrected chi connectivity index (χ4v) is 1.75. The van der Waals surface area contributed by atoms with Gasteiger partial charge in [0.25, 0.3) is 0 Å². The summed E-state index contributed by atoms with van der Waals surface area (Å²) in [6, 6.07) is 3.30. The lowest BCUT2D eigenvalue weighted by molar-refractivity contribution is -0.121. The van der Waals surface area contributed by atoms with Crippen molar-refractivity contribution < 1.29 is 13.6 Å². The average molecular weight is 238 g/mol. The first kappa shape index (κ1) is 11.6. The molecule has 3 nitrogen and oxygen atoms in total. The number of halogens is 2. The zero-order chi connectivity index (χ0) is 12.4. The molecule has 5 heteroatoms. The van der Waals surface area contributed by atoms with Gasteiger partial charge in [-0.25, -0.2) is 8.78 Å². The largest absolute Gasteiger partial charge is 0.372 e. The minimum Gasteiger partial charge on any atom is -0.372 e. The van der Waals surface area contributed by atoms with Crippen LogP contribution in [0, 0.1) is 11.6 Å². The molecule has 0 aromatic heterocycles. The lowest BCUT2D eigenvalue weighted by Crippen LogP contribution is -2.39. The number of piperidine rings is 1. The van der Waals surface area contributed by atoms with Crippen LogP contribution < -0.4 is 10.6 Å². The fraction of sp³-hybridized carbons (Fsp3) is 0.250. The first-order chi connectivity index (χ1) is 8.08. The molecule has 1 aromatic rings. The quantitative estimate of drug-likeness (QED) is 0.829. The molecule has 1 fully saturated rings. The Labute approximate surface area is 97.5 Å². The van der Waals surface area contributed by atoms with E-state index < -0.39 is 11.6 Å². The normalized spacial score (nSPS) is 20.0. The summed E-state index contributed by atoms with van der Waals surface area (Å²) < 4.78 is 26.8. The van der Waals surface area contributed by atoms with E-state index >= 15 is 0 Å². The van der Waals surface area contributed by atoms with Gasteiger partial charge < -0.3 is 10.6 Å². The molecule has 0 radical (unpaired) electrons. The molecule has 2 rings (SSSR count). The van der Waals surface area contributed by atoms with Crippen molar-refractivity contribution in [3.8, 4) is 0 Å². The molecule has 90 valence electrons. The highest BCUT2D eigenvalue weighted by Gasteiger charge is 2.23. The smallest absolute Gasteiger partial charge is 0.224 e. The number of carbonyl (C=O) groups excluding carboxylic acids is 1.